The third kappa shape index (κ3) is 3.28. The molecule has 1 aromatic rings. The number of nitrogens with one attached hydrogen (secondary N) is 1. The summed E-state index contributed by atoms with van der Waals surface area (Å²) >= 11 is 3.89. The number of hydrogen-bond acceptors (Lipinski definition) is 6. The number of hydrogen-bond donors (Lipinski definition) is 3. The summed E-state index contributed by atoms with van der Waals surface area (Å²) in [5.41, 5.74) is 0. The molecule has 1 aromatic heterocycles. The Balaban J connectivity index is 2.57. The Labute approximate surface area is 97.0 Å². The van der Waals surface area contributed by atoms with Gasteiger partial charge >= 0.3 is 5.97 Å². The van der Waals surface area contributed by atoms with E-state index >= 15 is 0 Å². The summed E-state index contributed by atoms with van der Waals surface area (Å²) in [6, 6.07) is 2.09. The van der Waals surface area contributed by atoms with Crippen LogP contribution in [-0.2, 0) is 9.53 Å². The van der Waals surface area contributed by atoms with Gasteiger partial charge in [-0.15, -0.1) is 0 Å². The van der Waals surface area contributed by atoms with E-state index < -0.39 is 24.7 Å². The molecule has 0 spiro atoms. The quantitative estimate of drug-likeness (QED) is 0.380. The predicted octanol–water partition coefficient (Wildman–Crippen LogP) is -0.199. The highest BCUT2D eigenvalue weighted by atomic mass is 32.1. The van der Waals surface area contributed by atoms with Crippen LogP contribution >= 0.6 is 12.6 Å². The van der Waals surface area contributed by atoms with Gasteiger partial charge in [-0.1, -0.05) is 0 Å². The first-order valence-electron chi connectivity index (χ1n) is 4.41. The van der Waals surface area contributed by atoms with Crippen molar-refractivity contribution in [1.29, 1.82) is 0 Å². The average molecular weight is 245 g/mol. The van der Waals surface area contributed by atoms with E-state index in [0.717, 1.165) is 0 Å². The van der Waals surface area contributed by atoms with Crippen LogP contribution in [0.25, 0.3) is 0 Å². The van der Waals surface area contributed by atoms with Crippen LogP contribution in [0.3, 0.4) is 0 Å². The van der Waals surface area contributed by atoms with Gasteiger partial charge in [0.15, 0.2) is 12.6 Å². The molecule has 88 valence electrons. The molecule has 0 unspecified atom stereocenters. The van der Waals surface area contributed by atoms with Crippen LogP contribution in [-0.4, -0.2) is 35.6 Å². The van der Waals surface area contributed by atoms with Crippen molar-refractivity contribution in [2.75, 3.05) is 12.5 Å². The Bertz CT molecular complexity index is 351. The summed E-state index contributed by atoms with van der Waals surface area (Å²) in [6.45, 7) is -0.736. The van der Waals surface area contributed by atoms with E-state index in [-0.39, 0.29) is 11.5 Å². The minimum absolute atomic E-state index is 0.0608. The van der Waals surface area contributed by atoms with Gasteiger partial charge in [0, 0.05) is 5.75 Å². The average Bonchev–Trinajstić information content (AvgIpc) is 2.79. The SMILES string of the molecule is O=C(N[C@@H](CS)C(=O)OCO)c1ccco1. The number of furan rings is 1. The number of aliphatic hydroxyl groups excluding tert-OH is 1. The van der Waals surface area contributed by atoms with Crippen LogP contribution in [0, 0.1) is 0 Å². The number of amides is 1. The van der Waals surface area contributed by atoms with Gasteiger partial charge in [-0.05, 0) is 12.1 Å². The fourth-order valence-electron chi connectivity index (χ4n) is 0.980. The normalized spacial score (nSPS) is 11.9. The zero-order valence-corrected chi connectivity index (χ0v) is 9.15. The van der Waals surface area contributed by atoms with Gasteiger partial charge in [0.05, 0.1) is 6.26 Å². The maximum Gasteiger partial charge on any atom is 0.331 e. The molecule has 0 bridgehead atoms. The molecule has 1 amide bonds. The van der Waals surface area contributed by atoms with E-state index in [0.29, 0.717) is 0 Å². The van der Waals surface area contributed by atoms with Gasteiger partial charge in [-0.2, -0.15) is 12.6 Å². The second-order valence-electron chi connectivity index (χ2n) is 2.78. The highest BCUT2D eigenvalue weighted by Gasteiger charge is 2.22. The largest absolute Gasteiger partial charge is 0.459 e. The number of rotatable bonds is 5. The lowest BCUT2D eigenvalue weighted by Gasteiger charge is -2.13. The molecule has 0 fully saturated rings. The lowest BCUT2D eigenvalue weighted by atomic mass is 10.3. The van der Waals surface area contributed by atoms with Crippen LogP contribution in [0.5, 0.6) is 0 Å². The molecular formula is C9H11NO5S. The van der Waals surface area contributed by atoms with Crippen LogP contribution in [0.4, 0.5) is 0 Å². The van der Waals surface area contributed by atoms with Crippen LogP contribution < -0.4 is 5.32 Å². The first-order chi connectivity index (χ1) is 7.69. The standard InChI is InChI=1S/C9H11NO5S/c11-5-15-9(13)6(4-16)10-8(12)7-2-1-3-14-7/h1-3,6,11,16H,4-5H2,(H,10,12)/t6-/m0/s1. The Morgan fingerprint density at radius 2 is 2.38 bits per heavy atom. The molecule has 0 radical (unpaired) electrons. The first-order valence-corrected chi connectivity index (χ1v) is 5.05. The van der Waals surface area contributed by atoms with Gasteiger partial charge in [0.1, 0.15) is 6.04 Å². The monoisotopic (exact) mass is 245 g/mol. The fourth-order valence-corrected chi connectivity index (χ4v) is 1.22. The van der Waals surface area contributed by atoms with Crippen molar-refractivity contribution < 1.29 is 23.8 Å². The molecule has 1 atom stereocenters. The summed E-state index contributed by atoms with van der Waals surface area (Å²) in [7, 11) is 0. The van der Waals surface area contributed by atoms with Crippen molar-refractivity contribution in [3.8, 4) is 0 Å². The molecule has 2 N–H and O–H groups in total. The van der Waals surface area contributed by atoms with Gasteiger partial charge in [0.25, 0.3) is 5.91 Å². The maximum absolute atomic E-state index is 11.5. The number of aliphatic hydroxyl groups is 1. The van der Waals surface area contributed by atoms with Gasteiger partial charge < -0.3 is 19.6 Å². The molecule has 6 nitrogen and oxygen atoms in total. The number of esters is 1. The molecule has 0 saturated heterocycles. The van der Waals surface area contributed by atoms with Gasteiger partial charge in [-0.25, -0.2) is 4.79 Å². The third-order valence-corrected chi connectivity index (χ3v) is 2.09. The zero-order chi connectivity index (χ0) is 12.0. The number of carbonyl (C=O) groups is 2. The molecule has 0 aliphatic heterocycles. The van der Waals surface area contributed by atoms with E-state index in [2.05, 4.69) is 22.7 Å². The topological polar surface area (TPSA) is 88.8 Å². The maximum atomic E-state index is 11.5. The Kier molecular flexibility index (Phi) is 4.87. The van der Waals surface area contributed by atoms with E-state index in [4.69, 9.17) is 9.52 Å². The minimum Gasteiger partial charge on any atom is -0.459 e. The lowest BCUT2D eigenvalue weighted by molar-refractivity contribution is -0.153. The van der Waals surface area contributed by atoms with Crippen LogP contribution in [0.15, 0.2) is 22.8 Å². The Morgan fingerprint density at radius 3 is 2.88 bits per heavy atom. The Morgan fingerprint density at radius 1 is 1.62 bits per heavy atom. The van der Waals surface area contributed by atoms with E-state index in [1.54, 1.807) is 6.07 Å². The number of carbonyl (C=O) groups excluding carboxylic acids is 2. The minimum atomic E-state index is -0.923. The second kappa shape index (κ2) is 6.19. The third-order valence-electron chi connectivity index (χ3n) is 1.72. The molecule has 1 rings (SSSR count). The molecule has 0 aliphatic carbocycles. The van der Waals surface area contributed by atoms with Crippen molar-refractivity contribution in [1.82, 2.24) is 5.32 Å². The molecule has 0 aromatic carbocycles. The van der Waals surface area contributed by atoms with Crippen molar-refractivity contribution in [2.24, 2.45) is 0 Å². The summed E-state index contributed by atoms with van der Waals surface area (Å²) in [6.07, 6.45) is 1.34. The zero-order valence-electron chi connectivity index (χ0n) is 8.25. The predicted molar refractivity (Wildman–Crippen MR) is 57.0 cm³/mol. The fraction of sp³-hybridized carbons (Fsp3) is 0.333. The van der Waals surface area contributed by atoms with Crippen LogP contribution in [0.1, 0.15) is 10.6 Å². The number of thiol groups is 1. The summed E-state index contributed by atoms with van der Waals surface area (Å²) in [4.78, 5) is 22.7. The highest BCUT2D eigenvalue weighted by Crippen LogP contribution is 2.01. The van der Waals surface area contributed by atoms with E-state index in [1.165, 1.54) is 12.3 Å². The van der Waals surface area contributed by atoms with Gasteiger partial charge in [-0.3, -0.25) is 4.79 Å². The van der Waals surface area contributed by atoms with Crippen LogP contribution in [0.2, 0.25) is 0 Å². The van der Waals surface area contributed by atoms with Gasteiger partial charge in [0.2, 0.25) is 0 Å². The highest BCUT2D eigenvalue weighted by molar-refractivity contribution is 7.80. The van der Waals surface area contributed by atoms with Crippen molar-refractivity contribution >= 4 is 24.5 Å². The summed E-state index contributed by atoms with van der Waals surface area (Å²) in [5.74, 6) is -1.15. The van der Waals surface area contributed by atoms with Crippen molar-refractivity contribution in [3.05, 3.63) is 24.2 Å². The molecule has 0 saturated carbocycles. The summed E-state index contributed by atoms with van der Waals surface area (Å²) in [5, 5.41) is 10.8. The molecule has 1 heterocycles. The lowest BCUT2D eigenvalue weighted by Crippen LogP contribution is -2.43. The molecule has 16 heavy (non-hydrogen) atoms. The van der Waals surface area contributed by atoms with Crippen molar-refractivity contribution in [3.63, 3.8) is 0 Å². The smallest absolute Gasteiger partial charge is 0.331 e. The molecule has 7 heteroatoms. The van der Waals surface area contributed by atoms with E-state index in [9.17, 15) is 9.59 Å². The first kappa shape index (κ1) is 12.6. The second-order valence-corrected chi connectivity index (χ2v) is 3.14. The van der Waals surface area contributed by atoms with E-state index in [1.807, 2.05) is 0 Å². The molecular weight excluding hydrogens is 234 g/mol. The Hall–Kier alpha value is -1.47. The molecule has 0 aliphatic rings. The van der Waals surface area contributed by atoms with Crippen molar-refractivity contribution in [2.45, 2.75) is 6.04 Å². The number of ether oxygens (including phenoxy) is 1. The summed E-state index contributed by atoms with van der Waals surface area (Å²) < 4.78 is 9.18.